The summed E-state index contributed by atoms with van der Waals surface area (Å²) in [5.74, 6) is 0.616. The predicted molar refractivity (Wildman–Crippen MR) is 130 cm³/mol. The van der Waals surface area contributed by atoms with Gasteiger partial charge in [0.2, 0.25) is 5.91 Å². The number of urea groups is 1. The first kappa shape index (κ1) is 24.1. The van der Waals surface area contributed by atoms with E-state index in [1.807, 2.05) is 36.9 Å². The molecule has 3 amide bonds. The minimum Gasteiger partial charge on any atom is -0.491 e. The molecule has 0 fully saturated rings. The van der Waals surface area contributed by atoms with Gasteiger partial charge in [0.05, 0.1) is 6.04 Å². The van der Waals surface area contributed by atoms with Crippen molar-refractivity contribution >= 4 is 34.9 Å². The highest BCUT2D eigenvalue weighted by atomic mass is 35.5. The van der Waals surface area contributed by atoms with Crippen molar-refractivity contribution in [3.05, 3.63) is 63.3 Å². The van der Waals surface area contributed by atoms with Gasteiger partial charge in [0.1, 0.15) is 18.9 Å². The van der Waals surface area contributed by atoms with E-state index < -0.39 is 0 Å². The average Bonchev–Trinajstić information content (AvgIpc) is 3.26. The predicted octanol–water partition coefficient (Wildman–Crippen LogP) is 4.82. The monoisotopic (exact) mass is 475 g/mol. The number of hydrogen-bond donors (Lipinski definition) is 1. The van der Waals surface area contributed by atoms with Gasteiger partial charge in [-0.3, -0.25) is 4.79 Å². The second-order valence-electron chi connectivity index (χ2n) is 7.78. The van der Waals surface area contributed by atoms with Crippen molar-refractivity contribution in [1.82, 2.24) is 15.1 Å². The van der Waals surface area contributed by atoms with Crippen LogP contribution >= 0.6 is 22.9 Å². The third-order valence-electron chi connectivity index (χ3n) is 5.44. The van der Waals surface area contributed by atoms with Crippen LogP contribution in [0, 0.1) is 6.92 Å². The summed E-state index contributed by atoms with van der Waals surface area (Å²) >= 11 is 7.83. The summed E-state index contributed by atoms with van der Waals surface area (Å²) in [6, 6.07) is 7.15. The Balaban J connectivity index is 1.75. The number of hydrogen-bond acceptors (Lipinski definition) is 4. The summed E-state index contributed by atoms with van der Waals surface area (Å²) in [7, 11) is 0. The summed E-state index contributed by atoms with van der Waals surface area (Å²) in [6.45, 7) is 9.45. The molecule has 2 aromatic rings. The van der Waals surface area contributed by atoms with E-state index in [2.05, 4.69) is 23.3 Å². The lowest BCUT2D eigenvalue weighted by atomic mass is 10.0. The highest BCUT2D eigenvalue weighted by molar-refractivity contribution is 7.10. The Morgan fingerprint density at radius 1 is 1.41 bits per heavy atom. The number of fused-ring (bicyclic) bond motifs is 1. The number of nitrogens with one attached hydrogen (secondary N) is 1. The van der Waals surface area contributed by atoms with E-state index in [1.54, 1.807) is 17.4 Å². The minimum absolute atomic E-state index is 0.00239. The Kier molecular flexibility index (Phi) is 8.59. The quantitative estimate of drug-likeness (QED) is 0.529. The van der Waals surface area contributed by atoms with E-state index in [9.17, 15) is 9.59 Å². The summed E-state index contributed by atoms with van der Waals surface area (Å²) in [6.07, 6.45) is 3.27. The number of thiophene rings is 1. The molecule has 0 aliphatic carbocycles. The van der Waals surface area contributed by atoms with Gasteiger partial charge in [-0.25, -0.2) is 4.79 Å². The lowest BCUT2D eigenvalue weighted by Crippen LogP contribution is -2.50. The van der Waals surface area contributed by atoms with Gasteiger partial charge in [0, 0.05) is 29.5 Å². The van der Waals surface area contributed by atoms with Crippen LogP contribution in [-0.4, -0.2) is 54.5 Å². The first-order chi connectivity index (χ1) is 15.4. The maximum Gasteiger partial charge on any atom is 0.318 e. The van der Waals surface area contributed by atoms with Gasteiger partial charge in [-0.15, -0.1) is 17.9 Å². The third-order valence-corrected chi connectivity index (χ3v) is 6.86. The smallest absolute Gasteiger partial charge is 0.318 e. The summed E-state index contributed by atoms with van der Waals surface area (Å²) in [5.41, 5.74) is 2.06. The molecule has 1 aromatic carbocycles. The molecule has 6 nitrogen and oxygen atoms in total. The normalized spacial score (nSPS) is 15.1. The van der Waals surface area contributed by atoms with E-state index in [4.69, 9.17) is 16.3 Å². The van der Waals surface area contributed by atoms with Crippen LogP contribution in [0.25, 0.3) is 0 Å². The van der Waals surface area contributed by atoms with Crippen molar-refractivity contribution in [2.45, 2.75) is 32.7 Å². The lowest BCUT2D eigenvalue weighted by Gasteiger charge is -2.37. The van der Waals surface area contributed by atoms with E-state index in [-0.39, 0.29) is 24.5 Å². The standard InChI is InChI=1S/C24H30ClN3O3S/c1-4-10-26-24(30)27(11-5-2)15-23(29)28-12-8-22-19(9-13-32-22)21(28)16-31-18-6-7-20(25)17(3)14-18/h5-7,9,13-14,21H,2,4,8,10-12,15-16H2,1,3H3,(H,26,30). The number of aryl methyl sites for hydroxylation is 1. The molecular formula is C24H30ClN3O3S. The zero-order valence-corrected chi connectivity index (χ0v) is 20.2. The topological polar surface area (TPSA) is 61.9 Å². The van der Waals surface area contributed by atoms with Crippen LogP contribution < -0.4 is 10.1 Å². The van der Waals surface area contributed by atoms with Crippen LogP contribution in [0.4, 0.5) is 4.79 Å². The summed E-state index contributed by atoms with van der Waals surface area (Å²) < 4.78 is 6.08. The molecule has 1 aromatic heterocycles. The Bertz CT molecular complexity index is 962. The number of halogens is 1. The molecule has 1 aliphatic rings. The molecule has 3 rings (SSSR count). The van der Waals surface area contributed by atoms with E-state index >= 15 is 0 Å². The molecule has 0 saturated heterocycles. The van der Waals surface area contributed by atoms with Crippen LogP contribution in [0.1, 0.15) is 35.4 Å². The fraction of sp³-hybridized carbons (Fsp3) is 0.417. The van der Waals surface area contributed by atoms with Gasteiger partial charge in [0.25, 0.3) is 0 Å². The molecule has 0 saturated carbocycles. The summed E-state index contributed by atoms with van der Waals surface area (Å²) in [4.78, 5) is 30.4. The molecule has 1 unspecified atom stereocenters. The zero-order chi connectivity index (χ0) is 23.1. The molecule has 0 bridgehead atoms. The fourth-order valence-corrected chi connectivity index (χ4v) is 4.78. The highest BCUT2D eigenvalue weighted by Gasteiger charge is 2.33. The molecule has 32 heavy (non-hydrogen) atoms. The zero-order valence-electron chi connectivity index (χ0n) is 18.6. The van der Waals surface area contributed by atoms with Crippen molar-refractivity contribution in [3.8, 4) is 5.75 Å². The van der Waals surface area contributed by atoms with Crippen molar-refractivity contribution in [1.29, 1.82) is 0 Å². The molecule has 8 heteroatoms. The number of rotatable bonds is 9. The molecule has 1 N–H and O–H groups in total. The Labute approximate surface area is 198 Å². The molecule has 2 heterocycles. The van der Waals surface area contributed by atoms with Crippen LogP contribution in [0.3, 0.4) is 0 Å². The molecule has 172 valence electrons. The van der Waals surface area contributed by atoms with Gasteiger partial charge in [-0.2, -0.15) is 0 Å². The number of ether oxygens (including phenoxy) is 1. The molecule has 0 spiro atoms. The van der Waals surface area contributed by atoms with Crippen molar-refractivity contribution in [2.75, 3.05) is 32.8 Å². The third kappa shape index (κ3) is 5.84. The van der Waals surface area contributed by atoms with Crippen LogP contribution in [0.2, 0.25) is 5.02 Å². The maximum absolute atomic E-state index is 13.3. The van der Waals surface area contributed by atoms with Gasteiger partial charge < -0.3 is 19.9 Å². The maximum atomic E-state index is 13.3. The second kappa shape index (κ2) is 11.4. The number of amides is 3. The van der Waals surface area contributed by atoms with Crippen molar-refractivity contribution in [3.63, 3.8) is 0 Å². The van der Waals surface area contributed by atoms with Gasteiger partial charge in [-0.05, 0) is 60.5 Å². The largest absolute Gasteiger partial charge is 0.491 e. The molecule has 1 atom stereocenters. The molecular weight excluding hydrogens is 446 g/mol. The molecule has 0 radical (unpaired) electrons. The minimum atomic E-state index is -0.252. The van der Waals surface area contributed by atoms with Crippen molar-refractivity contribution < 1.29 is 14.3 Å². The first-order valence-electron chi connectivity index (χ1n) is 10.8. The van der Waals surface area contributed by atoms with Gasteiger partial charge in [0.15, 0.2) is 0 Å². The Hall–Kier alpha value is -2.51. The number of nitrogens with zero attached hydrogens (tertiary/aromatic N) is 2. The lowest BCUT2D eigenvalue weighted by molar-refractivity contribution is -0.135. The Morgan fingerprint density at radius 3 is 2.94 bits per heavy atom. The fourth-order valence-electron chi connectivity index (χ4n) is 3.73. The van der Waals surface area contributed by atoms with Gasteiger partial charge >= 0.3 is 6.03 Å². The van der Waals surface area contributed by atoms with E-state index in [0.717, 1.165) is 24.0 Å². The van der Waals surface area contributed by atoms with Crippen LogP contribution in [-0.2, 0) is 11.2 Å². The number of carbonyl (C=O) groups excluding carboxylic acids is 2. The SMILES string of the molecule is C=CCN(CC(=O)N1CCc2sccc2C1COc1ccc(Cl)c(C)c1)C(=O)NCCC. The van der Waals surface area contributed by atoms with E-state index in [0.29, 0.717) is 37.0 Å². The molecule has 1 aliphatic heterocycles. The first-order valence-corrected chi connectivity index (χ1v) is 12.1. The summed E-state index contributed by atoms with van der Waals surface area (Å²) in [5, 5.41) is 5.59. The Morgan fingerprint density at radius 2 is 2.22 bits per heavy atom. The van der Waals surface area contributed by atoms with Crippen molar-refractivity contribution in [2.24, 2.45) is 0 Å². The number of benzene rings is 1. The van der Waals surface area contributed by atoms with Crippen LogP contribution in [0.5, 0.6) is 5.75 Å². The van der Waals surface area contributed by atoms with E-state index in [1.165, 1.54) is 9.78 Å². The highest BCUT2D eigenvalue weighted by Crippen LogP contribution is 2.34. The average molecular weight is 476 g/mol. The van der Waals surface area contributed by atoms with Crippen LogP contribution in [0.15, 0.2) is 42.3 Å². The van der Waals surface area contributed by atoms with Gasteiger partial charge in [-0.1, -0.05) is 24.6 Å². The second-order valence-corrected chi connectivity index (χ2v) is 9.18. The number of carbonyl (C=O) groups is 2.